The number of aryl methyl sites for hydroxylation is 1. The molecular formula is C11H16N4O4. The molecule has 0 aliphatic heterocycles. The largest absolute Gasteiger partial charge is 0.480 e. The summed E-state index contributed by atoms with van der Waals surface area (Å²) in [7, 11) is 1.77. The van der Waals surface area contributed by atoms with Crippen molar-refractivity contribution in [1.82, 2.24) is 20.2 Å². The Labute approximate surface area is 109 Å². The van der Waals surface area contributed by atoms with Crippen molar-refractivity contribution in [2.24, 2.45) is 7.05 Å². The maximum atomic E-state index is 11.8. The van der Waals surface area contributed by atoms with Crippen LogP contribution in [0.3, 0.4) is 0 Å². The lowest BCUT2D eigenvalue weighted by molar-refractivity contribution is -0.138. The van der Waals surface area contributed by atoms with Gasteiger partial charge in [0, 0.05) is 32.3 Å². The summed E-state index contributed by atoms with van der Waals surface area (Å²) in [5.41, 5.74) is 0.754. The van der Waals surface area contributed by atoms with Crippen molar-refractivity contribution in [2.45, 2.75) is 19.4 Å². The minimum atomic E-state index is -1.14. The van der Waals surface area contributed by atoms with Crippen molar-refractivity contribution in [2.75, 3.05) is 6.54 Å². The number of amides is 2. The number of carboxylic acid groups (broad SMARTS) is 1. The van der Waals surface area contributed by atoms with Gasteiger partial charge < -0.3 is 20.3 Å². The molecule has 1 rings (SSSR count). The lowest BCUT2D eigenvalue weighted by Crippen LogP contribution is -2.48. The number of carboxylic acids is 1. The molecule has 1 aromatic rings. The Morgan fingerprint density at radius 2 is 2.16 bits per heavy atom. The zero-order chi connectivity index (χ0) is 14.4. The van der Waals surface area contributed by atoms with Crippen LogP contribution in [-0.4, -0.2) is 45.0 Å². The summed E-state index contributed by atoms with van der Waals surface area (Å²) in [6.07, 6.45) is 3.40. The van der Waals surface area contributed by atoms with Crippen LogP contribution in [0.1, 0.15) is 12.6 Å². The van der Waals surface area contributed by atoms with Gasteiger partial charge in [-0.05, 0) is 0 Å². The van der Waals surface area contributed by atoms with E-state index < -0.39 is 24.5 Å². The summed E-state index contributed by atoms with van der Waals surface area (Å²) in [6, 6.07) is -0.827. The molecule has 0 aliphatic rings. The number of imidazole rings is 1. The van der Waals surface area contributed by atoms with E-state index >= 15 is 0 Å². The molecule has 0 fully saturated rings. The molecule has 0 saturated carbocycles. The van der Waals surface area contributed by atoms with Gasteiger partial charge in [-0.25, -0.2) is 4.98 Å². The van der Waals surface area contributed by atoms with Gasteiger partial charge in [0.1, 0.15) is 12.6 Å². The Balaban J connectivity index is 2.71. The number of aliphatic carboxylic acids is 1. The Bertz CT molecular complexity index is 483. The lowest BCUT2D eigenvalue weighted by Gasteiger charge is -2.17. The van der Waals surface area contributed by atoms with Gasteiger partial charge in [-0.15, -0.1) is 0 Å². The number of nitrogens with one attached hydrogen (secondary N) is 2. The van der Waals surface area contributed by atoms with Crippen molar-refractivity contribution < 1.29 is 19.5 Å². The molecule has 19 heavy (non-hydrogen) atoms. The molecule has 0 bridgehead atoms. The Hall–Kier alpha value is -2.38. The third-order valence-corrected chi connectivity index (χ3v) is 2.44. The molecule has 0 aromatic carbocycles. The molecule has 8 heteroatoms. The number of hydrogen-bond donors (Lipinski definition) is 3. The molecule has 0 radical (unpaired) electrons. The van der Waals surface area contributed by atoms with Crippen LogP contribution in [0.25, 0.3) is 0 Å². The van der Waals surface area contributed by atoms with Gasteiger partial charge >= 0.3 is 5.97 Å². The SMILES string of the molecule is CC(=O)N[C@@H](Cc1cncn1C)C(=O)NCC(=O)O. The van der Waals surface area contributed by atoms with E-state index in [1.54, 1.807) is 24.1 Å². The quantitative estimate of drug-likeness (QED) is 0.591. The highest BCUT2D eigenvalue weighted by molar-refractivity contribution is 5.88. The van der Waals surface area contributed by atoms with Gasteiger partial charge in [0.05, 0.1) is 6.33 Å². The fraction of sp³-hybridized carbons (Fsp3) is 0.455. The molecular weight excluding hydrogens is 252 g/mol. The predicted octanol–water partition coefficient (Wildman–Crippen LogP) is -1.33. The van der Waals surface area contributed by atoms with Crippen molar-refractivity contribution >= 4 is 17.8 Å². The van der Waals surface area contributed by atoms with Gasteiger partial charge in [-0.2, -0.15) is 0 Å². The monoisotopic (exact) mass is 268 g/mol. The first-order valence-corrected chi connectivity index (χ1v) is 5.62. The third-order valence-electron chi connectivity index (χ3n) is 2.44. The van der Waals surface area contributed by atoms with Crippen molar-refractivity contribution in [3.8, 4) is 0 Å². The summed E-state index contributed by atoms with van der Waals surface area (Å²) in [4.78, 5) is 37.2. The topological polar surface area (TPSA) is 113 Å². The minimum absolute atomic E-state index is 0.238. The molecule has 8 nitrogen and oxygen atoms in total. The van der Waals surface area contributed by atoms with Gasteiger partial charge in [0.15, 0.2) is 0 Å². The number of carbonyl (C=O) groups is 3. The van der Waals surface area contributed by atoms with Gasteiger partial charge in [-0.1, -0.05) is 0 Å². The molecule has 1 heterocycles. The van der Waals surface area contributed by atoms with E-state index in [2.05, 4.69) is 15.6 Å². The van der Waals surface area contributed by atoms with E-state index in [-0.39, 0.29) is 12.3 Å². The molecule has 0 saturated heterocycles. The first kappa shape index (κ1) is 14.7. The van der Waals surface area contributed by atoms with Crippen molar-refractivity contribution in [3.63, 3.8) is 0 Å². The fourth-order valence-corrected chi connectivity index (χ4v) is 1.53. The molecule has 1 atom stereocenters. The summed E-state index contributed by atoms with van der Waals surface area (Å²) < 4.78 is 1.72. The van der Waals surface area contributed by atoms with Crippen LogP contribution in [0.4, 0.5) is 0 Å². The lowest BCUT2D eigenvalue weighted by atomic mass is 10.1. The number of aromatic nitrogens is 2. The van der Waals surface area contributed by atoms with Crippen molar-refractivity contribution in [3.05, 3.63) is 18.2 Å². The molecule has 3 N–H and O–H groups in total. The first-order chi connectivity index (χ1) is 8.90. The molecule has 1 aromatic heterocycles. The van der Waals surface area contributed by atoms with Gasteiger partial charge in [-0.3, -0.25) is 14.4 Å². The van der Waals surface area contributed by atoms with Crippen LogP contribution in [0.5, 0.6) is 0 Å². The van der Waals surface area contributed by atoms with Crippen LogP contribution in [0.2, 0.25) is 0 Å². The summed E-state index contributed by atoms with van der Waals surface area (Å²) in [5, 5.41) is 13.2. The van der Waals surface area contributed by atoms with E-state index in [1.807, 2.05) is 0 Å². The molecule has 0 unspecified atom stereocenters. The smallest absolute Gasteiger partial charge is 0.322 e. The maximum absolute atomic E-state index is 11.8. The average Bonchev–Trinajstić information content (AvgIpc) is 2.70. The Morgan fingerprint density at radius 1 is 1.47 bits per heavy atom. The summed E-state index contributed by atoms with van der Waals surface area (Å²) in [5.74, 6) is -2.05. The minimum Gasteiger partial charge on any atom is -0.480 e. The molecule has 2 amide bonds. The van der Waals surface area contributed by atoms with Crippen LogP contribution in [0, 0.1) is 0 Å². The van der Waals surface area contributed by atoms with E-state index in [1.165, 1.54) is 6.92 Å². The van der Waals surface area contributed by atoms with Crippen LogP contribution < -0.4 is 10.6 Å². The van der Waals surface area contributed by atoms with E-state index in [9.17, 15) is 14.4 Å². The van der Waals surface area contributed by atoms with Gasteiger partial charge in [0.25, 0.3) is 0 Å². The first-order valence-electron chi connectivity index (χ1n) is 5.62. The Morgan fingerprint density at radius 3 is 2.63 bits per heavy atom. The molecule has 104 valence electrons. The summed E-state index contributed by atoms with van der Waals surface area (Å²) in [6.45, 7) is 0.807. The highest BCUT2D eigenvalue weighted by Gasteiger charge is 2.21. The predicted molar refractivity (Wildman–Crippen MR) is 65.2 cm³/mol. The van der Waals surface area contributed by atoms with E-state index in [0.29, 0.717) is 0 Å². The zero-order valence-electron chi connectivity index (χ0n) is 10.7. The highest BCUT2D eigenvalue weighted by Crippen LogP contribution is 2.02. The fourth-order valence-electron chi connectivity index (χ4n) is 1.53. The third kappa shape index (κ3) is 4.78. The molecule has 0 aliphatic carbocycles. The highest BCUT2D eigenvalue weighted by atomic mass is 16.4. The van der Waals surface area contributed by atoms with Crippen LogP contribution in [0.15, 0.2) is 12.5 Å². The average molecular weight is 268 g/mol. The van der Waals surface area contributed by atoms with Crippen LogP contribution >= 0.6 is 0 Å². The molecule has 0 spiro atoms. The maximum Gasteiger partial charge on any atom is 0.322 e. The number of hydrogen-bond acceptors (Lipinski definition) is 4. The normalized spacial score (nSPS) is 11.7. The number of carbonyl (C=O) groups excluding carboxylic acids is 2. The van der Waals surface area contributed by atoms with Crippen LogP contribution in [-0.2, 0) is 27.9 Å². The van der Waals surface area contributed by atoms with E-state index in [4.69, 9.17) is 5.11 Å². The second-order valence-corrected chi connectivity index (χ2v) is 4.06. The van der Waals surface area contributed by atoms with Gasteiger partial charge in [0.2, 0.25) is 11.8 Å². The van der Waals surface area contributed by atoms with Crippen molar-refractivity contribution in [1.29, 1.82) is 0 Å². The second-order valence-electron chi connectivity index (χ2n) is 4.06. The zero-order valence-corrected chi connectivity index (χ0v) is 10.7. The van der Waals surface area contributed by atoms with E-state index in [0.717, 1.165) is 5.69 Å². The number of rotatable bonds is 6. The summed E-state index contributed by atoms with van der Waals surface area (Å²) >= 11 is 0. The second kappa shape index (κ2) is 6.53. The Kier molecular flexibility index (Phi) is 5.04. The number of nitrogens with zero attached hydrogens (tertiary/aromatic N) is 2. The standard InChI is InChI=1S/C11H16N4O4/c1-7(16)14-9(11(19)13-5-10(17)18)3-8-4-12-6-15(8)2/h4,6,9H,3,5H2,1-2H3,(H,13,19)(H,14,16)(H,17,18)/t9-/m0/s1.